The summed E-state index contributed by atoms with van der Waals surface area (Å²) in [5, 5.41) is 0.751. The first-order valence-corrected chi connectivity index (χ1v) is 11.8. The molecule has 0 N–H and O–H groups in total. The Bertz CT molecular complexity index is 808. The highest BCUT2D eigenvalue weighted by molar-refractivity contribution is 6.30. The maximum atomic E-state index is 13.5. The topological polar surface area (TPSA) is 17.1 Å². The molecule has 4 fully saturated rings. The maximum Gasteiger partial charge on any atom is 0.165 e. The highest BCUT2D eigenvalue weighted by atomic mass is 35.5. The zero-order chi connectivity index (χ0) is 19.5. The van der Waals surface area contributed by atoms with E-state index >= 15 is 0 Å². The molecule has 1 nitrogen and oxygen atoms in total. The van der Waals surface area contributed by atoms with Gasteiger partial charge in [-0.25, -0.2) is 0 Å². The number of rotatable bonds is 1. The van der Waals surface area contributed by atoms with Gasteiger partial charge in [0.15, 0.2) is 5.78 Å². The third kappa shape index (κ3) is 2.76. The molecule has 0 bridgehead atoms. The second kappa shape index (κ2) is 6.73. The zero-order valence-electron chi connectivity index (χ0n) is 17.3. The first-order valence-electron chi connectivity index (χ1n) is 11.4. The van der Waals surface area contributed by atoms with Crippen molar-refractivity contribution in [3.63, 3.8) is 0 Å². The number of allylic oxidation sites excluding steroid dienone is 1. The quantitative estimate of drug-likeness (QED) is 0.454. The van der Waals surface area contributed by atoms with Crippen molar-refractivity contribution < 1.29 is 4.79 Å². The van der Waals surface area contributed by atoms with E-state index < -0.39 is 0 Å². The molecule has 1 aromatic carbocycles. The number of ketones is 1. The lowest BCUT2D eigenvalue weighted by molar-refractivity contribution is -0.137. The fourth-order valence-corrected chi connectivity index (χ4v) is 7.98. The lowest BCUT2D eigenvalue weighted by Crippen LogP contribution is -2.52. The van der Waals surface area contributed by atoms with Gasteiger partial charge in [-0.3, -0.25) is 4.79 Å². The number of hydrogen-bond acceptors (Lipinski definition) is 1. The standard InChI is InChI=1S/C26H33ClO/c1-25-13-4-3-5-19(25)8-11-21-22(25)12-14-26(2)23(21)16-18(24(26)28)15-17-6-9-20(27)10-7-17/h6-7,9-10,15,19,21-23H,3-5,8,11-14,16H2,1-2H3/b18-15+/t19-,21-,22+,23-,25+,26-/m1/s1. The first-order chi connectivity index (χ1) is 13.4. The fraction of sp³-hybridized carbons (Fsp3) is 0.654. The fourth-order valence-electron chi connectivity index (χ4n) is 7.85. The van der Waals surface area contributed by atoms with Crippen LogP contribution in [0.5, 0.6) is 0 Å². The van der Waals surface area contributed by atoms with E-state index in [1.54, 1.807) is 0 Å². The predicted octanol–water partition coefficient (Wildman–Crippen LogP) is 7.34. The molecule has 0 aliphatic heterocycles. The molecule has 28 heavy (non-hydrogen) atoms. The molecule has 6 atom stereocenters. The average molecular weight is 397 g/mol. The van der Waals surface area contributed by atoms with E-state index in [0.29, 0.717) is 17.1 Å². The molecular weight excluding hydrogens is 364 g/mol. The average Bonchev–Trinajstić information content (AvgIpc) is 2.94. The normalized spacial score (nSPS) is 44.1. The second-order valence-corrected chi connectivity index (χ2v) is 11.0. The van der Waals surface area contributed by atoms with Gasteiger partial charge in [-0.15, -0.1) is 0 Å². The molecule has 1 aromatic rings. The van der Waals surface area contributed by atoms with Crippen LogP contribution in [0.2, 0.25) is 5.02 Å². The first kappa shape index (κ1) is 18.9. The van der Waals surface area contributed by atoms with Gasteiger partial charge in [-0.1, -0.05) is 50.4 Å². The van der Waals surface area contributed by atoms with Crippen LogP contribution in [-0.4, -0.2) is 5.78 Å². The minimum absolute atomic E-state index is 0.128. The van der Waals surface area contributed by atoms with E-state index in [4.69, 9.17) is 11.6 Å². The zero-order valence-corrected chi connectivity index (χ0v) is 18.1. The lowest BCUT2D eigenvalue weighted by atomic mass is 9.45. The molecule has 0 heterocycles. The molecule has 0 spiro atoms. The van der Waals surface area contributed by atoms with Crippen molar-refractivity contribution in [1.29, 1.82) is 0 Å². The highest BCUT2D eigenvalue weighted by Gasteiger charge is 2.60. The van der Waals surface area contributed by atoms with E-state index in [1.165, 1.54) is 44.9 Å². The SMILES string of the molecule is C[C@]12CCCC[C@@H]1CC[C@H]1[C@H]3C/C(=C\c4ccc(Cl)cc4)C(=O)[C@]3(C)CC[C@@H]12. The van der Waals surface area contributed by atoms with E-state index in [0.717, 1.165) is 46.8 Å². The van der Waals surface area contributed by atoms with Crippen molar-refractivity contribution in [1.82, 2.24) is 0 Å². The Morgan fingerprint density at radius 2 is 1.75 bits per heavy atom. The van der Waals surface area contributed by atoms with E-state index in [9.17, 15) is 4.79 Å². The summed E-state index contributed by atoms with van der Waals surface area (Å²) in [6.45, 7) is 4.89. The van der Waals surface area contributed by atoms with Gasteiger partial charge >= 0.3 is 0 Å². The van der Waals surface area contributed by atoms with Crippen LogP contribution >= 0.6 is 11.6 Å². The van der Waals surface area contributed by atoms with Gasteiger partial charge in [0.1, 0.15) is 0 Å². The minimum Gasteiger partial charge on any atom is -0.294 e. The van der Waals surface area contributed by atoms with Crippen LogP contribution < -0.4 is 0 Å². The number of hydrogen-bond donors (Lipinski definition) is 0. The summed E-state index contributed by atoms with van der Waals surface area (Å²) in [5.41, 5.74) is 2.58. The summed E-state index contributed by atoms with van der Waals surface area (Å²) in [6.07, 6.45) is 14.0. The summed E-state index contributed by atoms with van der Waals surface area (Å²) < 4.78 is 0. The van der Waals surface area contributed by atoms with Gasteiger partial charge in [0.2, 0.25) is 0 Å². The molecule has 4 aliphatic rings. The number of benzene rings is 1. The van der Waals surface area contributed by atoms with Gasteiger partial charge in [-0.05, 0) is 103 Å². The number of fused-ring (bicyclic) bond motifs is 5. The van der Waals surface area contributed by atoms with Crippen molar-refractivity contribution in [3.8, 4) is 0 Å². The van der Waals surface area contributed by atoms with Gasteiger partial charge in [0.25, 0.3) is 0 Å². The van der Waals surface area contributed by atoms with Crippen molar-refractivity contribution in [2.24, 2.45) is 34.5 Å². The number of carbonyl (C=O) groups excluding carboxylic acids is 1. The van der Waals surface area contributed by atoms with Gasteiger partial charge in [-0.2, -0.15) is 0 Å². The number of halogens is 1. The summed E-state index contributed by atoms with van der Waals surface area (Å²) in [4.78, 5) is 13.5. The molecule has 0 amide bonds. The van der Waals surface area contributed by atoms with Crippen LogP contribution in [0.25, 0.3) is 6.08 Å². The van der Waals surface area contributed by atoms with E-state index in [1.807, 2.05) is 24.3 Å². The molecule has 2 heteroatoms. The molecule has 0 aromatic heterocycles. The Kier molecular flexibility index (Phi) is 4.54. The highest BCUT2D eigenvalue weighted by Crippen LogP contribution is 2.66. The molecule has 0 radical (unpaired) electrons. The van der Waals surface area contributed by atoms with E-state index in [-0.39, 0.29) is 5.41 Å². The molecule has 5 rings (SSSR count). The molecule has 0 saturated heterocycles. The van der Waals surface area contributed by atoms with Crippen LogP contribution in [0.3, 0.4) is 0 Å². The lowest BCUT2D eigenvalue weighted by Gasteiger charge is -2.59. The predicted molar refractivity (Wildman–Crippen MR) is 116 cm³/mol. The molecule has 4 saturated carbocycles. The number of Topliss-reactive ketones (excluding diaryl/α,β-unsaturated/α-hetero) is 1. The molecule has 0 unspecified atom stereocenters. The maximum absolute atomic E-state index is 13.5. The smallest absolute Gasteiger partial charge is 0.165 e. The van der Waals surface area contributed by atoms with Crippen molar-refractivity contribution in [2.75, 3.05) is 0 Å². The summed E-state index contributed by atoms with van der Waals surface area (Å²) in [7, 11) is 0. The van der Waals surface area contributed by atoms with Crippen molar-refractivity contribution in [3.05, 3.63) is 40.4 Å². The van der Waals surface area contributed by atoms with Crippen LogP contribution in [0, 0.1) is 34.5 Å². The van der Waals surface area contributed by atoms with Crippen molar-refractivity contribution >= 4 is 23.5 Å². The minimum atomic E-state index is -0.128. The Morgan fingerprint density at radius 1 is 0.964 bits per heavy atom. The Balaban J connectivity index is 1.45. The number of carbonyl (C=O) groups is 1. The van der Waals surface area contributed by atoms with Gasteiger partial charge < -0.3 is 0 Å². The molecule has 150 valence electrons. The Labute approximate surface area is 174 Å². The summed E-state index contributed by atoms with van der Waals surface area (Å²) >= 11 is 6.04. The third-order valence-electron chi connectivity index (χ3n) is 9.43. The van der Waals surface area contributed by atoms with Gasteiger partial charge in [0, 0.05) is 10.4 Å². The second-order valence-electron chi connectivity index (χ2n) is 10.6. The molecular formula is C26H33ClO. The van der Waals surface area contributed by atoms with Crippen LogP contribution in [0.1, 0.15) is 77.2 Å². The van der Waals surface area contributed by atoms with Gasteiger partial charge in [0.05, 0.1) is 0 Å². The van der Waals surface area contributed by atoms with Crippen LogP contribution in [-0.2, 0) is 4.79 Å². The molecule has 4 aliphatic carbocycles. The monoisotopic (exact) mass is 396 g/mol. The summed E-state index contributed by atoms with van der Waals surface area (Å²) in [5.74, 6) is 3.51. The Hall–Kier alpha value is -1.08. The Morgan fingerprint density at radius 3 is 2.54 bits per heavy atom. The van der Waals surface area contributed by atoms with Crippen LogP contribution in [0.15, 0.2) is 29.8 Å². The third-order valence-corrected chi connectivity index (χ3v) is 9.69. The van der Waals surface area contributed by atoms with E-state index in [2.05, 4.69) is 19.9 Å². The largest absolute Gasteiger partial charge is 0.294 e. The summed E-state index contributed by atoms with van der Waals surface area (Å²) in [6, 6.07) is 7.90. The van der Waals surface area contributed by atoms with Crippen LogP contribution in [0.4, 0.5) is 0 Å². The van der Waals surface area contributed by atoms with Crippen molar-refractivity contribution in [2.45, 2.75) is 71.6 Å².